The summed E-state index contributed by atoms with van der Waals surface area (Å²) >= 11 is 1.63. The molecule has 1 aliphatic carbocycles. The zero-order valence-electron chi connectivity index (χ0n) is 15.8. The van der Waals surface area contributed by atoms with Crippen LogP contribution in [0.15, 0.2) is 54.6 Å². The first-order valence-electron chi connectivity index (χ1n) is 10.1. The normalized spacial score (nSPS) is 24.4. The molecule has 2 amide bonds. The van der Waals surface area contributed by atoms with E-state index in [1.54, 1.807) is 11.8 Å². The quantitative estimate of drug-likeness (QED) is 0.788. The van der Waals surface area contributed by atoms with Crippen LogP contribution in [0, 0.1) is 5.92 Å². The predicted molar refractivity (Wildman–Crippen MR) is 112 cm³/mol. The maximum absolute atomic E-state index is 13.8. The van der Waals surface area contributed by atoms with Crippen molar-refractivity contribution in [3.05, 3.63) is 65.7 Å². The van der Waals surface area contributed by atoms with Gasteiger partial charge < -0.3 is 9.80 Å². The van der Waals surface area contributed by atoms with Crippen molar-refractivity contribution < 1.29 is 9.59 Å². The Balaban J connectivity index is 1.55. The van der Waals surface area contributed by atoms with Crippen molar-refractivity contribution in [2.45, 2.75) is 37.1 Å². The van der Waals surface area contributed by atoms with E-state index in [0.29, 0.717) is 13.1 Å². The number of fused-ring (bicyclic) bond motifs is 2. The molecule has 2 aliphatic heterocycles. The minimum absolute atomic E-state index is 0.0337. The minimum atomic E-state index is -0.884. The number of carbonyl (C=O) groups is 2. The molecule has 5 rings (SSSR count). The number of anilines is 1. The molecule has 0 aromatic heterocycles. The molecule has 2 fully saturated rings. The third-order valence-electron chi connectivity index (χ3n) is 6.25. The molecular formula is C23H24N2O2S. The highest BCUT2D eigenvalue weighted by Crippen LogP contribution is 2.55. The van der Waals surface area contributed by atoms with Crippen LogP contribution in [0.5, 0.6) is 0 Å². The molecule has 0 bridgehead atoms. The molecule has 0 N–H and O–H groups in total. The fraction of sp³-hybridized carbons (Fsp3) is 0.391. The summed E-state index contributed by atoms with van der Waals surface area (Å²) in [4.78, 5) is 30.1. The number of hydrogen-bond donors (Lipinski definition) is 0. The number of nitrogens with zero attached hydrogens (tertiary/aromatic N) is 2. The third kappa shape index (κ3) is 2.60. The summed E-state index contributed by atoms with van der Waals surface area (Å²) < 4.78 is 0. The average Bonchev–Trinajstić information content (AvgIpc) is 3.46. The predicted octanol–water partition coefficient (Wildman–Crippen LogP) is 4.15. The van der Waals surface area contributed by atoms with Gasteiger partial charge in [0.1, 0.15) is 0 Å². The second kappa shape index (κ2) is 6.96. The molecule has 1 atom stereocenters. The zero-order valence-corrected chi connectivity index (χ0v) is 16.7. The van der Waals surface area contributed by atoms with Crippen molar-refractivity contribution in [1.82, 2.24) is 4.90 Å². The molecule has 4 nitrogen and oxygen atoms in total. The molecule has 144 valence electrons. The molecule has 28 heavy (non-hydrogen) atoms. The van der Waals surface area contributed by atoms with E-state index in [9.17, 15) is 9.59 Å². The molecule has 1 spiro atoms. The standard InChI is InChI=1S/C23H24N2O2S/c26-21(18-10-4-5-11-18)25-14-15-28-23(25)19-12-6-7-13-20(19)24(22(23)27)16-17-8-2-1-3-9-17/h1-3,6-9,12-13,18H,4-5,10-11,14-16H2. The molecule has 0 radical (unpaired) electrons. The molecular weight excluding hydrogens is 368 g/mol. The number of benzene rings is 2. The largest absolute Gasteiger partial charge is 0.315 e. The highest BCUT2D eigenvalue weighted by Gasteiger charge is 2.59. The van der Waals surface area contributed by atoms with Crippen LogP contribution < -0.4 is 4.90 Å². The second-order valence-electron chi connectivity index (χ2n) is 7.86. The van der Waals surface area contributed by atoms with Crippen molar-refractivity contribution >= 4 is 29.3 Å². The molecule has 2 aromatic rings. The fourth-order valence-corrected chi connectivity index (χ4v) is 6.37. The van der Waals surface area contributed by atoms with Crippen molar-refractivity contribution in [3.8, 4) is 0 Å². The van der Waals surface area contributed by atoms with Crippen LogP contribution in [0.2, 0.25) is 0 Å². The Bertz CT molecular complexity index is 910. The lowest BCUT2D eigenvalue weighted by atomic mass is 10.0. The summed E-state index contributed by atoms with van der Waals surface area (Å²) in [5, 5.41) is 0. The topological polar surface area (TPSA) is 40.6 Å². The highest BCUT2D eigenvalue weighted by molar-refractivity contribution is 8.01. The van der Waals surface area contributed by atoms with Gasteiger partial charge in [0.15, 0.2) is 4.87 Å². The van der Waals surface area contributed by atoms with Crippen LogP contribution in [-0.4, -0.2) is 29.0 Å². The van der Waals surface area contributed by atoms with Gasteiger partial charge in [-0.1, -0.05) is 61.4 Å². The van der Waals surface area contributed by atoms with E-state index < -0.39 is 4.87 Å². The molecule has 5 heteroatoms. The summed E-state index contributed by atoms with van der Waals surface area (Å²) in [5.74, 6) is 1.09. The van der Waals surface area contributed by atoms with Gasteiger partial charge in [-0.05, 0) is 24.5 Å². The SMILES string of the molecule is O=C(C1CCCC1)N1CCSC12C(=O)N(Cc1ccccc1)c1ccccc12. The van der Waals surface area contributed by atoms with Crippen molar-refractivity contribution in [2.24, 2.45) is 5.92 Å². The lowest BCUT2D eigenvalue weighted by Gasteiger charge is -2.34. The van der Waals surface area contributed by atoms with E-state index in [0.717, 1.165) is 48.3 Å². The summed E-state index contributed by atoms with van der Waals surface area (Å²) in [6, 6.07) is 18.1. The first kappa shape index (κ1) is 17.8. The van der Waals surface area contributed by atoms with Crippen molar-refractivity contribution in [1.29, 1.82) is 0 Å². The third-order valence-corrected chi connectivity index (χ3v) is 7.67. The Morgan fingerprint density at radius 3 is 2.54 bits per heavy atom. The van der Waals surface area contributed by atoms with Gasteiger partial charge in [0.05, 0.1) is 12.2 Å². The second-order valence-corrected chi connectivity index (χ2v) is 9.15. The monoisotopic (exact) mass is 392 g/mol. The Morgan fingerprint density at radius 1 is 1.04 bits per heavy atom. The van der Waals surface area contributed by atoms with Gasteiger partial charge in [0.2, 0.25) is 5.91 Å². The Morgan fingerprint density at radius 2 is 1.75 bits per heavy atom. The number of hydrogen-bond acceptors (Lipinski definition) is 3. The number of para-hydroxylation sites is 1. The van der Waals surface area contributed by atoms with Crippen LogP contribution in [0.25, 0.3) is 0 Å². The van der Waals surface area contributed by atoms with Crippen LogP contribution in [0.3, 0.4) is 0 Å². The Kier molecular flexibility index (Phi) is 4.43. The number of carbonyl (C=O) groups excluding carboxylic acids is 2. The van der Waals surface area contributed by atoms with Gasteiger partial charge in [-0.3, -0.25) is 9.59 Å². The lowest BCUT2D eigenvalue weighted by molar-refractivity contribution is -0.143. The van der Waals surface area contributed by atoms with E-state index in [1.165, 1.54) is 0 Å². The minimum Gasteiger partial charge on any atom is -0.315 e. The van der Waals surface area contributed by atoms with Crippen LogP contribution in [0.1, 0.15) is 36.8 Å². The first-order valence-corrected chi connectivity index (χ1v) is 11.1. The van der Waals surface area contributed by atoms with E-state index in [1.807, 2.05) is 64.4 Å². The average molecular weight is 393 g/mol. The molecule has 2 aromatic carbocycles. The van der Waals surface area contributed by atoms with Gasteiger partial charge in [0, 0.05) is 23.8 Å². The molecule has 1 saturated carbocycles. The summed E-state index contributed by atoms with van der Waals surface area (Å²) in [6.07, 6.45) is 4.16. The summed E-state index contributed by atoms with van der Waals surface area (Å²) in [5.41, 5.74) is 3.01. The van der Waals surface area contributed by atoms with E-state index in [2.05, 4.69) is 0 Å². The molecule has 2 heterocycles. The van der Waals surface area contributed by atoms with Crippen LogP contribution >= 0.6 is 11.8 Å². The zero-order chi connectivity index (χ0) is 19.1. The summed E-state index contributed by atoms with van der Waals surface area (Å²) in [7, 11) is 0. The molecule has 1 unspecified atom stereocenters. The first-order chi connectivity index (χ1) is 13.7. The number of thioether (sulfide) groups is 1. The van der Waals surface area contributed by atoms with Crippen LogP contribution in [0.4, 0.5) is 5.69 Å². The van der Waals surface area contributed by atoms with E-state index in [-0.39, 0.29) is 17.7 Å². The van der Waals surface area contributed by atoms with Gasteiger partial charge in [-0.25, -0.2) is 0 Å². The number of rotatable bonds is 3. The lowest BCUT2D eigenvalue weighted by Crippen LogP contribution is -2.51. The fourth-order valence-electron chi connectivity index (χ4n) is 4.90. The molecule has 1 saturated heterocycles. The van der Waals surface area contributed by atoms with E-state index >= 15 is 0 Å². The van der Waals surface area contributed by atoms with Crippen LogP contribution in [-0.2, 0) is 21.0 Å². The van der Waals surface area contributed by atoms with Gasteiger partial charge in [-0.2, -0.15) is 0 Å². The smallest absolute Gasteiger partial charge is 0.268 e. The Labute approximate surface area is 169 Å². The number of amides is 2. The van der Waals surface area contributed by atoms with E-state index in [4.69, 9.17) is 0 Å². The maximum Gasteiger partial charge on any atom is 0.268 e. The summed E-state index contributed by atoms with van der Waals surface area (Å²) in [6.45, 7) is 1.18. The van der Waals surface area contributed by atoms with Gasteiger partial charge in [0.25, 0.3) is 5.91 Å². The Hall–Kier alpha value is -2.27. The van der Waals surface area contributed by atoms with Crippen molar-refractivity contribution in [3.63, 3.8) is 0 Å². The maximum atomic E-state index is 13.8. The highest BCUT2D eigenvalue weighted by atomic mass is 32.2. The van der Waals surface area contributed by atoms with Crippen molar-refractivity contribution in [2.75, 3.05) is 17.2 Å². The molecule has 3 aliphatic rings. The van der Waals surface area contributed by atoms with Gasteiger partial charge in [-0.15, -0.1) is 11.8 Å². The van der Waals surface area contributed by atoms with Gasteiger partial charge >= 0.3 is 0 Å².